The van der Waals surface area contributed by atoms with Crippen molar-refractivity contribution in [3.63, 3.8) is 0 Å². The van der Waals surface area contributed by atoms with E-state index in [9.17, 15) is 0 Å². The Balaban J connectivity index is 2.22. The maximum absolute atomic E-state index is 5.53. The van der Waals surface area contributed by atoms with Gasteiger partial charge in [0.05, 0.1) is 19.3 Å². The molecule has 0 aliphatic heterocycles. The summed E-state index contributed by atoms with van der Waals surface area (Å²) in [6.07, 6.45) is 6.33. The Morgan fingerprint density at radius 3 is 2.78 bits per heavy atom. The molecule has 0 atom stereocenters. The van der Waals surface area contributed by atoms with Gasteiger partial charge in [-0.3, -0.25) is 4.68 Å². The highest BCUT2D eigenvalue weighted by atomic mass is 16.5. The minimum absolute atomic E-state index is 0.144. The Labute approximate surface area is 111 Å². The van der Waals surface area contributed by atoms with Crippen LogP contribution in [0.2, 0.25) is 0 Å². The van der Waals surface area contributed by atoms with E-state index < -0.39 is 0 Å². The van der Waals surface area contributed by atoms with Crippen molar-refractivity contribution in [1.29, 1.82) is 0 Å². The van der Waals surface area contributed by atoms with Gasteiger partial charge in [0.1, 0.15) is 0 Å². The van der Waals surface area contributed by atoms with Crippen LogP contribution in [0, 0.1) is 0 Å². The molecule has 0 fully saturated rings. The summed E-state index contributed by atoms with van der Waals surface area (Å²) in [6, 6.07) is 0. The lowest BCUT2D eigenvalue weighted by Crippen LogP contribution is -2.34. The van der Waals surface area contributed by atoms with Gasteiger partial charge in [-0.15, -0.1) is 0 Å². The lowest BCUT2D eigenvalue weighted by atomic mass is 10.1. The molecule has 18 heavy (non-hydrogen) atoms. The van der Waals surface area contributed by atoms with Crippen LogP contribution in [0.25, 0.3) is 0 Å². The number of rotatable bonds is 8. The Bertz CT molecular complexity index is 328. The number of nitrogens with one attached hydrogen (secondary N) is 1. The quantitative estimate of drug-likeness (QED) is 0.724. The van der Waals surface area contributed by atoms with Crippen LogP contribution in [-0.4, -0.2) is 28.5 Å². The highest BCUT2D eigenvalue weighted by molar-refractivity contribution is 5.03. The Kier molecular flexibility index (Phi) is 6.36. The van der Waals surface area contributed by atoms with Gasteiger partial charge >= 0.3 is 0 Å². The summed E-state index contributed by atoms with van der Waals surface area (Å²) in [5, 5.41) is 7.78. The lowest BCUT2D eigenvalue weighted by molar-refractivity contribution is 0.121. The van der Waals surface area contributed by atoms with Crippen molar-refractivity contribution in [3.8, 4) is 0 Å². The first-order valence-electron chi connectivity index (χ1n) is 6.85. The third-order valence-electron chi connectivity index (χ3n) is 2.62. The first kappa shape index (κ1) is 15.2. The van der Waals surface area contributed by atoms with Crippen molar-refractivity contribution in [2.45, 2.75) is 59.2 Å². The standard InChI is InChI=1S/C14H27N3O/c1-5-6-8-18-9-7-17-12-13(11-16-17)10-15-14(2,3)4/h11-12,15H,5-10H2,1-4H3. The number of ether oxygens (including phenoxy) is 1. The fourth-order valence-electron chi connectivity index (χ4n) is 1.49. The average molecular weight is 253 g/mol. The van der Waals surface area contributed by atoms with Crippen LogP contribution >= 0.6 is 0 Å². The Hall–Kier alpha value is -0.870. The highest BCUT2D eigenvalue weighted by Crippen LogP contribution is 2.03. The number of aromatic nitrogens is 2. The molecule has 0 saturated carbocycles. The second kappa shape index (κ2) is 7.54. The molecule has 1 N–H and O–H groups in total. The molecular formula is C14H27N3O. The van der Waals surface area contributed by atoms with Crippen LogP contribution in [0.15, 0.2) is 12.4 Å². The van der Waals surface area contributed by atoms with Gasteiger partial charge in [-0.1, -0.05) is 13.3 Å². The van der Waals surface area contributed by atoms with E-state index in [-0.39, 0.29) is 5.54 Å². The van der Waals surface area contributed by atoms with Gasteiger partial charge in [0.25, 0.3) is 0 Å². The van der Waals surface area contributed by atoms with Crippen LogP contribution in [0.5, 0.6) is 0 Å². The number of unbranched alkanes of at least 4 members (excludes halogenated alkanes) is 1. The molecular weight excluding hydrogens is 226 g/mol. The summed E-state index contributed by atoms with van der Waals surface area (Å²) in [4.78, 5) is 0. The van der Waals surface area contributed by atoms with Gasteiger partial charge in [0.15, 0.2) is 0 Å². The summed E-state index contributed by atoms with van der Waals surface area (Å²) >= 11 is 0. The van der Waals surface area contributed by atoms with Gasteiger partial charge < -0.3 is 10.1 Å². The fourth-order valence-corrected chi connectivity index (χ4v) is 1.49. The van der Waals surface area contributed by atoms with Gasteiger partial charge in [-0.2, -0.15) is 5.10 Å². The molecule has 104 valence electrons. The van der Waals surface area contributed by atoms with Gasteiger partial charge in [-0.05, 0) is 27.2 Å². The maximum Gasteiger partial charge on any atom is 0.0662 e. The number of nitrogens with zero attached hydrogens (tertiary/aromatic N) is 2. The molecule has 1 rings (SSSR count). The van der Waals surface area contributed by atoms with Gasteiger partial charge in [-0.25, -0.2) is 0 Å². The third kappa shape index (κ3) is 6.77. The molecule has 4 heteroatoms. The molecule has 0 saturated heterocycles. The molecule has 1 aromatic rings. The topological polar surface area (TPSA) is 39.1 Å². The van der Waals surface area contributed by atoms with E-state index in [4.69, 9.17) is 4.74 Å². The summed E-state index contributed by atoms with van der Waals surface area (Å²) in [6.45, 7) is 12.0. The molecule has 0 amide bonds. The van der Waals surface area contributed by atoms with Crippen molar-refractivity contribution in [2.24, 2.45) is 0 Å². The van der Waals surface area contributed by atoms with Crippen molar-refractivity contribution in [2.75, 3.05) is 13.2 Å². The number of hydrogen-bond acceptors (Lipinski definition) is 3. The van der Waals surface area contributed by atoms with Gasteiger partial charge in [0.2, 0.25) is 0 Å². The van der Waals surface area contributed by atoms with Crippen LogP contribution in [-0.2, 0) is 17.8 Å². The first-order chi connectivity index (χ1) is 8.51. The minimum Gasteiger partial charge on any atom is -0.380 e. The zero-order valence-electron chi connectivity index (χ0n) is 12.2. The third-order valence-corrected chi connectivity index (χ3v) is 2.62. The largest absolute Gasteiger partial charge is 0.380 e. The van der Waals surface area contributed by atoms with E-state index in [1.165, 1.54) is 12.0 Å². The second-order valence-corrected chi connectivity index (χ2v) is 5.68. The Morgan fingerprint density at radius 1 is 1.33 bits per heavy atom. The number of hydrogen-bond donors (Lipinski definition) is 1. The lowest BCUT2D eigenvalue weighted by Gasteiger charge is -2.19. The molecule has 0 aromatic carbocycles. The average Bonchev–Trinajstić information content (AvgIpc) is 2.73. The van der Waals surface area contributed by atoms with E-state index in [0.717, 1.165) is 32.7 Å². The molecule has 0 unspecified atom stereocenters. The van der Waals surface area contributed by atoms with Crippen molar-refractivity contribution >= 4 is 0 Å². The van der Waals surface area contributed by atoms with Crippen LogP contribution in [0.1, 0.15) is 46.1 Å². The van der Waals surface area contributed by atoms with E-state index in [0.29, 0.717) is 0 Å². The molecule has 1 aromatic heterocycles. The SMILES string of the molecule is CCCCOCCn1cc(CNC(C)(C)C)cn1. The van der Waals surface area contributed by atoms with E-state index >= 15 is 0 Å². The zero-order chi connectivity index (χ0) is 13.4. The van der Waals surface area contributed by atoms with Crippen molar-refractivity contribution in [1.82, 2.24) is 15.1 Å². The van der Waals surface area contributed by atoms with Gasteiger partial charge in [0, 0.05) is 30.5 Å². The first-order valence-corrected chi connectivity index (χ1v) is 6.85. The highest BCUT2D eigenvalue weighted by Gasteiger charge is 2.09. The van der Waals surface area contributed by atoms with Crippen LogP contribution in [0.4, 0.5) is 0 Å². The van der Waals surface area contributed by atoms with Crippen molar-refractivity contribution in [3.05, 3.63) is 18.0 Å². The minimum atomic E-state index is 0.144. The predicted octanol–water partition coefficient (Wildman–Crippen LogP) is 2.59. The maximum atomic E-state index is 5.53. The second-order valence-electron chi connectivity index (χ2n) is 5.68. The zero-order valence-corrected chi connectivity index (χ0v) is 12.2. The molecule has 0 bridgehead atoms. The summed E-state index contributed by atoms with van der Waals surface area (Å²) < 4.78 is 7.48. The normalized spacial score (nSPS) is 12.0. The van der Waals surface area contributed by atoms with E-state index in [1.807, 2.05) is 10.9 Å². The Morgan fingerprint density at radius 2 is 2.11 bits per heavy atom. The summed E-state index contributed by atoms with van der Waals surface area (Å²) in [7, 11) is 0. The van der Waals surface area contributed by atoms with Crippen molar-refractivity contribution < 1.29 is 4.74 Å². The van der Waals surface area contributed by atoms with E-state index in [1.54, 1.807) is 0 Å². The van der Waals surface area contributed by atoms with Crippen LogP contribution in [0.3, 0.4) is 0 Å². The smallest absolute Gasteiger partial charge is 0.0662 e. The monoisotopic (exact) mass is 253 g/mol. The molecule has 1 heterocycles. The molecule has 0 aliphatic rings. The molecule has 4 nitrogen and oxygen atoms in total. The summed E-state index contributed by atoms with van der Waals surface area (Å²) in [5.74, 6) is 0. The molecule has 0 spiro atoms. The molecule has 0 radical (unpaired) electrons. The summed E-state index contributed by atoms with van der Waals surface area (Å²) in [5.41, 5.74) is 1.37. The molecule has 0 aliphatic carbocycles. The van der Waals surface area contributed by atoms with E-state index in [2.05, 4.69) is 44.3 Å². The fraction of sp³-hybridized carbons (Fsp3) is 0.786. The van der Waals surface area contributed by atoms with Crippen LogP contribution < -0.4 is 5.32 Å². The predicted molar refractivity (Wildman–Crippen MR) is 74.5 cm³/mol.